The molecule has 178 valence electrons. The van der Waals surface area contributed by atoms with E-state index in [-0.39, 0.29) is 17.7 Å². The van der Waals surface area contributed by atoms with Gasteiger partial charge in [-0.05, 0) is 31.9 Å². The number of piperazine rings is 1. The van der Waals surface area contributed by atoms with Gasteiger partial charge in [-0.2, -0.15) is 0 Å². The summed E-state index contributed by atoms with van der Waals surface area (Å²) in [4.78, 5) is 40.2. The Hall–Kier alpha value is -2.23. The highest BCUT2D eigenvalue weighted by Crippen LogP contribution is 2.33. The molecule has 0 saturated carbocycles. The summed E-state index contributed by atoms with van der Waals surface area (Å²) in [5.74, 6) is 1.46. The fourth-order valence-electron chi connectivity index (χ4n) is 5.19. The number of nitrogens with zero attached hydrogens (tertiary/aromatic N) is 5. The minimum Gasteiger partial charge on any atom is -0.378 e. The first-order valence-corrected chi connectivity index (χ1v) is 12.9. The molecule has 5 heterocycles. The second-order valence-corrected chi connectivity index (χ2v) is 10.6. The van der Waals surface area contributed by atoms with Crippen molar-refractivity contribution in [2.45, 2.75) is 19.8 Å². The SMILES string of the molecule is Cc1cc2c(N3CCCC(C(=O)N4CCN(CC(=O)N5CCOCC5)CC4)C3)nccc2s1. The van der Waals surface area contributed by atoms with Crippen LogP contribution in [0.25, 0.3) is 10.1 Å². The van der Waals surface area contributed by atoms with Gasteiger partial charge in [0.05, 0.1) is 25.7 Å². The Bertz CT molecular complexity index is 997. The number of thiophene rings is 1. The van der Waals surface area contributed by atoms with E-state index < -0.39 is 0 Å². The van der Waals surface area contributed by atoms with Crippen molar-refractivity contribution in [1.82, 2.24) is 19.7 Å². The van der Waals surface area contributed by atoms with Crippen molar-refractivity contribution in [3.63, 3.8) is 0 Å². The zero-order chi connectivity index (χ0) is 22.8. The number of amides is 2. The molecule has 33 heavy (non-hydrogen) atoms. The molecular weight excluding hydrogens is 438 g/mol. The molecule has 2 aromatic rings. The van der Waals surface area contributed by atoms with Crippen molar-refractivity contribution < 1.29 is 14.3 Å². The number of pyridine rings is 1. The van der Waals surface area contributed by atoms with E-state index in [4.69, 9.17) is 4.74 Å². The number of hydrogen-bond donors (Lipinski definition) is 0. The molecule has 3 aliphatic heterocycles. The molecule has 0 N–H and O–H groups in total. The minimum atomic E-state index is 0.0112. The highest BCUT2D eigenvalue weighted by molar-refractivity contribution is 7.19. The van der Waals surface area contributed by atoms with E-state index in [2.05, 4.69) is 33.8 Å². The van der Waals surface area contributed by atoms with Crippen LogP contribution >= 0.6 is 11.3 Å². The van der Waals surface area contributed by atoms with E-state index in [1.807, 2.05) is 16.0 Å². The van der Waals surface area contributed by atoms with Gasteiger partial charge >= 0.3 is 0 Å². The Morgan fingerprint density at radius 2 is 1.88 bits per heavy atom. The van der Waals surface area contributed by atoms with Gasteiger partial charge in [0.1, 0.15) is 5.82 Å². The average Bonchev–Trinajstić information content (AvgIpc) is 3.25. The lowest BCUT2D eigenvalue weighted by atomic mass is 9.96. The smallest absolute Gasteiger partial charge is 0.236 e. The lowest BCUT2D eigenvalue weighted by Crippen LogP contribution is -2.54. The highest BCUT2D eigenvalue weighted by Gasteiger charge is 2.32. The maximum atomic E-state index is 13.3. The van der Waals surface area contributed by atoms with Crippen LogP contribution in [0.1, 0.15) is 17.7 Å². The molecule has 9 heteroatoms. The van der Waals surface area contributed by atoms with Crippen molar-refractivity contribution in [3.8, 4) is 0 Å². The molecule has 3 aliphatic rings. The summed E-state index contributed by atoms with van der Waals surface area (Å²) in [5, 5.41) is 1.20. The summed E-state index contributed by atoms with van der Waals surface area (Å²) in [5.41, 5.74) is 0. The summed E-state index contributed by atoms with van der Waals surface area (Å²) < 4.78 is 6.60. The Morgan fingerprint density at radius 3 is 2.67 bits per heavy atom. The van der Waals surface area contributed by atoms with Crippen LogP contribution in [-0.2, 0) is 14.3 Å². The standard InChI is InChI=1S/C24H33N5O3S/c1-18-15-20-21(33-18)4-5-25-23(20)29-6-2-3-19(16-29)24(31)28-9-7-26(8-10-28)17-22(30)27-11-13-32-14-12-27/h4-5,15,19H,2-3,6-14,16-17H2,1H3. The summed E-state index contributed by atoms with van der Waals surface area (Å²) in [6.07, 6.45) is 3.83. The summed E-state index contributed by atoms with van der Waals surface area (Å²) in [6, 6.07) is 4.29. The van der Waals surface area contributed by atoms with Crippen LogP contribution in [0.15, 0.2) is 18.3 Å². The maximum absolute atomic E-state index is 13.3. The Balaban J connectivity index is 1.16. The van der Waals surface area contributed by atoms with Crippen molar-refractivity contribution in [3.05, 3.63) is 23.2 Å². The van der Waals surface area contributed by atoms with Gasteiger partial charge in [0.25, 0.3) is 0 Å². The average molecular weight is 472 g/mol. The van der Waals surface area contributed by atoms with Crippen LogP contribution < -0.4 is 4.90 Å². The number of aryl methyl sites for hydroxylation is 1. The molecule has 0 aliphatic carbocycles. The van der Waals surface area contributed by atoms with E-state index in [0.29, 0.717) is 45.9 Å². The zero-order valence-corrected chi connectivity index (χ0v) is 20.2. The van der Waals surface area contributed by atoms with Crippen LogP contribution in [0, 0.1) is 12.8 Å². The van der Waals surface area contributed by atoms with E-state index in [1.54, 1.807) is 11.3 Å². The predicted octanol–water partition coefficient (Wildman–Crippen LogP) is 1.82. The summed E-state index contributed by atoms with van der Waals surface area (Å²) in [6.45, 7) is 9.78. The Kier molecular flexibility index (Phi) is 6.80. The molecule has 8 nitrogen and oxygen atoms in total. The van der Waals surface area contributed by atoms with E-state index in [1.165, 1.54) is 15.0 Å². The fourth-order valence-corrected chi connectivity index (χ4v) is 6.10. The minimum absolute atomic E-state index is 0.0112. The molecule has 0 radical (unpaired) electrons. The van der Waals surface area contributed by atoms with Gasteiger partial charge in [0.2, 0.25) is 11.8 Å². The molecule has 0 spiro atoms. The van der Waals surface area contributed by atoms with E-state index in [0.717, 1.165) is 44.8 Å². The van der Waals surface area contributed by atoms with Gasteiger partial charge in [-0.15, -0.1) is 11.3 Å². The van der Waals surface area contributed by atoms with Crippen molar-refractivity contribution >= 4 is 39.1 Å². The number of ether oxygens (including phenoxy) is 1. The number of anilines is 1. The van der Waals surface area contributed by atoms with E-state index in [9.17, 15) is 9.59 Å². The van der Waals surface area contributed by atoms with Gasteiger partial charge in [0.15, 0.2) is 0 Å². The highest BCUT2D eigenvalue weighted by atomic mass is 32.1. The van der Waals surface area contributed by atoms with Crippen molar-refractivity contribution in [2.24, 2.45) is 5.92 Å². The zero-order valence-electron chi connectivity index (χ0n) is 19.4. The number of rotatable bonds is 4. The van der Waals surface area contributed by atoms with Gasteiger partial charge in [-0.1, -0.05) is 0 Å². The summed E-state index contributed by atoms with van der Waals surface area (Å²) in [7, 11) is 0. The van der Waals surface area contributed by atoms with Crippen LogP contribution in [0.3, 0.4) is 0 Å². The quantitative estimate of drug-likeness (QED) is 0.678. The van der Waals surface area contributed by atoms with Crippen molar-refractivity contribution in [2.75, 3.05) is 77.0 Å². The lowest BCUT2D eigenvalue weighted by Gasteiger charge is -2.39. The molecule has 3 saturated heterocycles. The first kappa shape index (κ1) is 22.6. The van der Waals surface area contributed by atoms with Gasteiger partial charge < -0.3 is 19.4 Å². The third-order valence-electron chi connectivity index (χ3n) is 7.02. The van der Waals surface area contributed by atoms with Gasteiger partial charge in [-0.25, -0.2) is 4.98 Å². The van der Waals surface area contributed by atoms with Crippen LogP contribution in [-0.4, -0.2) is 104 Å². The number of hydrogen-bond acceptors (Lipinski definition) is 7. The number of carbonyl (C=O) groups excluding carboxylic acids is 2. The van der Waals surface area contributed by atoms with Crippen LogP contribution in [0.2, 0.25) is 0 Å². The molecule has 3 fully saturated rings. The lowest BCUT2D eigenvalue weighted by molar-refractivity contribution is -0.139. The molecule has 2 amide bonds. The monoisotopic (exact) mass is 471 g/mol. The number of piperidine rings is 1. The fraction of sp³-hybridized carbons (Fsp3) is 0.625. The first-order valence-electron chi connectivity index (χ1n) is 12.1. The predicted molar refractivity (Wildman–Crippen MR) is 130 cm³/mol. The second-order valence-electron chi connectivity index (χ2n) is 9.28. The molecular formula is C24H33N5O3S. The first-order chi connectivity index (χ1) is 16.1. The van der Waals surface area contributed by atoms with E-state index >= 15 is 0 Å². The van der Waals surface area contributed by atoms with Crippen LogP contribution in [0.5, 0.6) is 0 Å². The summed E-state index contributed by atoms with van der Waals surface area (Å²) >= 11 is 1.79. The number of fused-ring (bicyclic) bond motifs is 1. The molecule has 0 bridgehead atoms. The van der Waals surface area contributed by atoms with Crippen molar-refractivity contribution in [1.29, 1.82) is 0 Å². The number of aromatic nitrogens is 1. The second kappa shape index (κ2) is 9.95. The Labute approximate surface area is 199 Å². The largest absolute Gasteiger partial charge is 0.378 e. The molecule has 0 aromatic carbocycles. The van der Waals surface area contributed by atoms with Gasteiger partial charge in [-0.3, -0.25) is 14.5 Å². The third-order valence-corrected chi connectivity index (χ3v) is 8.04. The molecule has 1 atom stereocenters. The maximum Gasteiger partial charge on any atom is 0.236 e. The number of morpholine rings is 1. The van der Waals surface area contributed by atoms with Crippen LogP contribution in [0.4, 0.5) is 5.82 Å². The molecule has 5 rings (SSSR count). The molecule has 1 unspecified atom stereocenters. The number of carbonyl (C=O) groups is 2. The Morgan fingerprint density at radius 1 is 1.09 bits per heavy atom. The molecule has 2 aromatic heterocycles. The normalized spacial score (nSPS) is 22.7. The van der Waals surface area contributed by atoms with Gasteiger partial charge in [0, 0.05) is 73.5 Å². The third kappa shape index (κ3) is 5.00. The topological polar surface area (TPSA) is 69.2 Å².